The number of amides is 2. The maximum Gasteiger partial charge on any atom is 0.323 e. The Bertz CT molecular complexity index is 1290. The highest BCUT2D eigenvalue weighted by atomic mass is 32.1. The number of hydrogen-bond donors (Lipinski definition) is 2. The van der Waals surface area contributed by atoms with E-state index in [9.17, 15) is 19.5 Å². The van der Waals surface area contributed by atoms with Crippen molar-refractivity contribution in [2.45, 2.75) is 26.3 Å². The van der Waals surface area contributed by atoms with Gasteiger partial charge in [-0.1, -0.05) is 44.2 Å². The molecule has 32 heavy (non-hydrogen) atoms. The van der Waals surface area contributed by atoms with Crippen LogP contribution < -0.4 is 10.2 Å². The number of carbonyl (C=O) groups excluding carboxylic acids is 2. The Labute approximate surface area is 189 Å². The van der Waals surface area contributed by atoms with Crippen LogP contribution in [0, 0.1) is 0 Å². The first-order valence-corrected chi connectivity index (χ1v) is 10.5. The number of fused-ring (bicyclic) bond motifs is 1. The SMILES string of the molecule is CC(C)c1ccc(N2C(=O)/C(=C/c3cn(CC(=O)O)c4ccccc34)C(=O)NC2=S)cc1. The minimum Gasteiger partial charge on any atom is -0.480 e. The zero-order chi connectivity index (χ0) is 23.0. The van der Waals surface area contributed by atoms with Gasteiger partial charge in [-0.25, -0.2) is 0 Å². The molecule has 2 amide bonds. The van der Waals surface area contributed by atoms with E-state index < -0.39 is 17.8 Å². The Hall–Kier alpha value is -3.78. The summed E-state index contributed by atoms with van der Waals surface area (Å²) in [6.45, 7) is 3.92. The van der Waals surface area contributed by atoms with Crippen molar-refractivity contribution in [3.8, 4) is 0 Å². The second-order valence-corrected chi connectivity index (χ2v) is 8.21. The van der Waals surface area contributed by atoms with E-state index in [0.717, 1.165) is 10.9 Å². The van der Waals surface area contributed by atoms with Gasteiger partial charge >= 0.3 is 5.97 Å². The number of benzene rings is 2. The summed E-state index contributed by atoms with van der Waals surface area (Å²) in [7, 11) is 0. The number of aliphatic carboxylic acids is 1. The highest BCUT2D eigenvalue weighted by molar-refractivity contribution is 7.80. The lowest BCUT2D eigenvalue weighted by molar-refractivity contribution is -0.137. The van der Waals surface area contributed by atoms with Gasteiger partial charge in [0.25, 0.3) is 11.8 Å². The first-order chi connectivity index (χ1) is 15.3. The molecule has 2 aromatic carbocycles. The van der Waals surface area contributed by atoms with Crippen LogP contribution in [0.2, 0.25) is 0 Å². The third-order valence-corrected chi connectivity index (χ3v) is 5.63. The van der Waals surface area contributed by atoms with E-state index in [-0.39, 0.29) is 17.2 Å². The molecular weight excluding hydrogens is 426 g/mol. The van der Waals surface area contributed by atoms with Gasteiger partial charge in [-0.2, -0.15) is 0 Å². The Balaban J connectivity index is 1.76. The number of carboxylic acids is 1. The van der Waals surface area contributed by atoms with Crippen molar-refractivity contribution >= 4 is 57.8 Å². The number of carboxylic acid groups (broad SMARTS) is 1. The number of aromatic nitrogens is 1. The molecule has 162 valence electrons. The Morgan fingerprint density at radius 1 is 1.12 bits per heavy atom. The van der Waals surface area contributed by atoms with Crippen molar-refractivity contribution in [1.29, 1.82) is 0 Å². The van der Waals surface area contributed by atoms with E-state index in [0.29, 0.717) is 22.7 Å². The highest BCUT2D eigenvalue weighted by Crippen LogP contribution is 2.27. The average molecular weight is 448 g/mol. The number of rotatable bonds is 5. The molecule has 7 nitrogen and oxygen atoms in total. The van der Waals surface area contributed by atoms with E-state index >= 15 is 0 Å². The van der Waals surface area contributed by atoms with Gasteiger partial charge in [0, 0.05) is 22.7 Å². The summed E-state index contributed by atoms with van der Waals surface area (Å²) in [5.41, 5.74) is 2.87. The number of para-hydroxylation sites is 1. The van der Waals surface area contributed by atoms with Gasteiger partial charge in [0.05, 0.1) is 5.69 Å². The zero-order valence-electron chi connectivity index (χ0n) is 17.5. The summed E-state index contributed by atoms with van der Waals surface area (Å²) in [6.07, 6.45) is 3.11. The summed E-state index contributed by atoms with van der Waals surface area (Å²) in [5, 5.41) is 12.5. The monoisotopic (exact) mass is 447 g/mol. The maximum absolute atomic E-state index is 13.3. The Kier molecular flexibility index (Phi) is 5.63. The molecule has 1 saturated heterocycles. The maximum atomic E-state index is 13.3. The molecule has 4 rings (SSSR count). The molecule has 0 radical (unpaired) electrons. The molecule has 8 heteroatoms. The second-order valence-electron chi connectivity index (χ2n) is 7.83. The molecular formula is C24H21N3O4S. The van der Waals surface area contributed by atoms with Crippen molar-refractivity contribution in [1.82, 2.24) is 9.88 Å². The molecule has 0 spiro atoms. The van der Waals surface area contributed by atoms with Crippen molar-refractivity contribution in [2.75, 3.05) is 4.90 Å². The van der Waals surface area contributed by atoms with Crippen LogP contribution in [0.1, 0.15) is 30.9 Å². The molecule has 2 N–H and O–H groups in total. The molecule has 0 unspecified atom stereocenters. The van der Waals surface area contributed by atoms with Gasteiger partial charge in [0.15, 0.2) is 5.11 Å². The Morgan fingerprint density at radius 2 is 1.81 bits per heavy atom. The number of thiocarbonyl (C=S) groups is 1. The molecule has 0 atom stereocenters. The highest BCUT2D eigenvalue weighted by Gasteiger charge is 2.34. The quantitative estimate of drug-likeness (QED) is 0.354. The fraction of sp³-hybridized carbons (Fsp3) is 0.167. The molecule has 3 aromatic rings. The van der Waals surface area contributed by atoms with Crippen LogP contribution in [0.25, 0.3) is 17.0 Å². The molecule has 1 aromatic heterocycles. The minimum atomic E-state index is -0.988. The summed E-state index contributed by atoms with van der Waals surface area (Å²) < 4.78 is 1.57. The van der Waals surface area contributed by atoms with Crippen LogP contribution in [-0.2, 0) is 20.9 Å². The molecule has 0 aliphatic carbocycles. The summed E-state index contributed by atoms with van der Waals surface area (Å²) in [5.74, 6) is -1.78. The predicted octanol–water partition coefficient (Wildman–Crippen LogP) is 3.68. The number of nitrogens with zero attached hydrogens (tertiary/aromatic N) is 2. The van der Waals surface area contributed by atoms with E-state index in [1.807, 2.05) is 24.3 Å². The van der Waals surface area contributed by atoms with Crippen LogP contribution in [0.5, 0.6) is 0 Å². The lowest BCUT2D eigenvalue weighted by atomic mass is 10.0. The van der Waals surface area contributed by atoms with Gasteiger partial charge in [-0.05, 0) is 48.0 Å². The fourth-order valence-electron chi connectivity index (χ4n) is 3.72. The average Bonchev–Trinajstić information content (AvgIpc) is 3.08. The van der Waals surface area contributed by atoms with E-state index in [2.05, 4.69) is 19.2 Å². The topological polar surface area (TPSA) is 91.6 Å². The van der Waals surface area contributed by atoms with Gasteiger partial charge in [-0.15, -0.1) is 0 Å². The van der Waals surface area contributed by atoms with Crippen molar-refractivity contribution < 1.29 is 19.5 Å². The Morgan fingerprint density at radius 3 is 2.47 bits per heavy atom. The van der Waals surface area contributed by atoms with Crippen LogP contribution in [0.4, 0.5) is 5.69 Å². The van der Waals surface area contributed by atoms with Crippen LogP contribution in [-0.4, -0.2) is 32.6 Å². The minimum absolute atomic E-state index is 0.0164. The third kappa shape index (κ3) is 3.92. The van der Waals surface area contributed by atoms with Crippen molar-refractivity contribution in [3.63, 3.8) is 0 Å². The van der Waals surface area contributed by atoms with Gasteiger partial charge < -0.3 is 9.67 Å². The van der Waals surface area contributed by atoms with Gasteiger partial charge in [0.2, 0.25) is 0 Å². The van der Waals surface area contributed by atoms with E-state index in [4.69, 9.17) is 12.2 Å². The first-order valence-electron chi connectivity index (χ1n) is 10.1. The van der Waals surface area contributed by atoms with Crippen LogP contribution in [0.3, 0.4) is 0 Å². The fourth-order valence-corrected chi connectivity index (χ4v) is 4.00. The second kappa shape index (κ2) is 8.39. The molecule has 1 aliphatic heterocycles. The van der Waals surface area contributed by atoms with E-state index in [1.54, 1.807) is 35.0 Å². The molecule has 1 fully saturated rings. The zero-order valence-corrected chi connectivity index (χ0v) is 18.3. The van der Waals surface area contributed by atoms with Crippen molar-refractivity contribution in [3.05, 3.63) is 71.4 Å². The van der Waals surface area contributed by atoms with Gasteiger partial charge in [-0.3, -0.25) is 24.6 Å². The summed E-state index contributed by atoms with van der Waals surface area (Å²) >= 11 is 5.27. The third-order valence-electron chi connectivity index (χ3n) is 5.34. The molecule has 0 bridgehead atoms. The van der Waals surface area contributed by atoms with E-state index in [1.165, 1.54) is 11.0 Å². The lowest BCUT2D eigenvalue weighted by Crippen LogP contribution is -2.54. The number of anilines is 1. The van der Waals surface area contributed by atoms with Gasteiger partial charge in [0.1, 0.15) is 12.1 Å². The number of hydrogen-bond acceptors (Lipinski definition) is 4. The molecule has 2 heterocycles. The number of nitrogens with one attached hydrogen (secondary N) is 1. The molecule has 0 saturated carbocycles. The lowest BCUT2D eigenvalue weighted by Gasteiger charge is -2.29. The first kappa shape index (κ1) is 21.5. The number of carbonyl (C=O) groups is 3. The normalized spacial score (nSPS) is 15.7. The smallest absolute Gasteiger partial charge is 0.323 e. The van der Waals surface area contributed by atoms with Crippen molar-refractivity contribution in [2.24, 2.45) is 0 Å². The predicted molar refractivity (Wildman–Crippen MR) is 126 cm³/mol. The summed E-state index contributed by atoms with van der Waals surface area (Å²) in [4.78, 5) is 38.5. The standard InChI is InChI=1S/C24H21N3O4S/c1-14(2)15-7-9-17(10-8-15)27-23(31)19(22(30)25-24(27)32)11-16-12-26(13-21(28)29)20-6-4-3-5-18(16)20/h3-12,14H,13H2,1-2H3,(H,28,29)(H,25,30,32)/b19-11+. The summed E-state index contributed by atoms with van der Waals surface area (Å²) in [6, 6.07) is 14.7. The van der Waals surface area contributed by atoms with Crippen LogP contribution >= 0.6 is 12.2 Å². The van der Waals surface area contributed by atoms with Crippen LogP contribution in [0.15, 0.2) is 60.3 Å². The largest absolute Gasteiger partial charge is 0.480 e. The molecule has 1 aliphatic rings.